The minimum absolute atomic E-state index is 0.433. The van der Waals surface area contributed by atoms with Crippen molar-refractivity contribution in [3.63, 3.8) is 0 Å². The van der Waals surface area contributed by atoms with Gasteiger partial charge in [-0.3, -0.25) is 0 Å². The molecule has 0 radical (unpaired) electrons. The molecule has 0 spiro atoms. The summed E-state index contributed by atoms with van der Waals surface area (Å²) in [6.45, 7) is 0.924. The lowest BCUT2D eigenvalue weighted by Gasteiger charge is -1.95. The molecule has 0 unspecified atom stereocenters. The summed E-state index contributed by atoms with van der Waals surface area (Å²) >= 11 is 0. The number of rotatable bonds is 5. The average Bonchev–Trinajstić information content (AvgIpc) is 1.96. The van der Waals surface area contributed by atoms with Crippen molar-refractivity contribution in [2.75, 3.05) is 13.1 Å². The Hall–Kier alpha value is -1.42. The van der Waals surface area contributed by atoms with Crippen molar-refractivity contribution in [3.05, 3.63) is 0 Å². The van der Waals surface area contributed by atoms with Crippen LogP contribution < -0.4 is 10.2 Å². The second-order valence-corrected chi connectivity index (χ2v) is 1.90. The maximum atomic E-state index is 9.91. The van der Waals surface area contributed by atoms with Gasteiger partial charge < -0.3 is 10.4 Å². The van der Waals surface area contributed by atoms with Crippen molar-refractivity contribution in [1.29, 1.82) is 5.53 Å². The van der Waals surface area contributed by atoms with Crippen LogP contribution in [0.4, 0.5) is 4.79 Å². The second-order valence-electron chi connectivity index (χ2n) is 1.90. The molecule has 11 heavy (non-hydrogen) atoms. The zero-order chi connectivity index (χ0) is 8.53. The summed E-state index contributed by atoms with van der Waals surface area (Å²) in [6.07, 6.45) is 0.473. The minimum atomic E-state index is -1.01. The van der Waals surface area contributed by atoms with Crippen molar-refractivity contribution in [1.82, 2.24) is 10.2 Å². The highest BCUT2D eigenvalue weighted by molar-refractivity contribution is 5.64. The number of nitrogens with zero attached hydrogens (tertiary/aromatic N) is 2. The molecule has 0 aliphatic carbocycles. The van der Waals surface area contributed by atoms with Gasteiger partial charge in [0.2, 0.25) is 4.91 Å². The van der Waals surface area contributed by atoms with Gasteiger partial charge in [-0.15, -0.1) is 0 Å². The van der Waals surface area contributed by atoms with Crippen LogP contribution in [0.2, 0.25) is 0 Å². The number of hydrogen-bond acceptors (Lipinski definition) is 3. The molecular formula is C5H11N4O2+. The Morgan fingerprint density at radius 3 is 2.91 bits per heavy atom. The van der Waals surface area contributed by atoms with E-state index in [2.05, 4.69) is 15.3 Å². The monoisotopic (exact) mass is 159 g/mol. The third-order valence-corrected chi connectivity index (χ3v) is 1.03. The van der Waals surface area contributed by atoms with E-state index in [9.17, 15) is 4.79 Å². The molecule has 0 aliphatic heterocycles. The summed E-state index contributed by atoms with van der Waals surface area (Å²) in [4.78, 5) is 12.7. The summed E-state index contributed by atoms with van der Waals surface area (Å²) in [5, 5.41) is 13.8. The Kier molecular flexibility index (Phi) is 5.83. The van der Waals surface area contributed by atoms with Crippen LogP contribution in [-0.4, -0.2) is 24.3 Å². The lowest BCUT2D eigenvalue weighted by Crippen LogP contribution is -2.21. The molecule has 62 valence electrons. The van der Waals surface area contributed by atoms with Gasteiger partial charge in [0.15, 0.2) is 0 Å². The molecule has 0 fully saturated rings. The third-order valence-electron chi connectivity index (χ3n) is 1.03. The summed E-state index contributed by atoms with van der Waals surface area (Å²) in [5.74, 6) is 0. The largest absolute Gasteiger partial charge is 0.465 e. The van der Waals surface area contributed by atoms with Crippen molar-refractivity contribution in [2.45, 2.75) is 12.8 Å². The summed E-state index contributed by atoms with van der Waals surface area (Å²) in [6, 6.07) is 0. The quantitative estimate of drug-likeness (QED) is 0.310. The zero-order valence-electron chi connectivity index (χ0n) is 6.08. The van der Waals surface area contributed by atoms with Gasteiger partial charge in [-0.05, 0) is 12.8 Å². The van der Waals surface area contributed by atoms with Crippen LogP contribution in [0.1, 0.15) is 12.8 Å². The Morgan fingerprint density at radius 2 is 2.36 bits per heavy atom. The van der Waals surface area contributed by atoms with Crippen LogP contribution in [0.25, 0.3) is 0 Å². The first-order valence-electron chi connectivity index (χ1n) is 3.27. The van der Waals surface area contributed by atoms with Gasteiger partial charge in [0, 0.05) is 6.54 Å². The van der Waals surface area contributed by atoms with E-state index in [-0.39, 0.29) is 0 Å². The summed E-state index contributed by atoms with van der Waals surface area (Å²) in [5.41, 5.74) is 6.30. The predicted octanol–water partition coefficient (Wildman–Crippen LogP) is 0.585. The van der Waals surface area contributed by atoms with Gasteiger partial charge >= 0.3 is 6.09 Å². The molecule has 0 bridgehead atoms. The molecule has 1 amide bonds. The second kappa shape index (κ2) is 6.70. The molecule has 0 rings (SSSR count). The highest BCUT2D eigenvalue weighted by Gasteiger charge is 1.93. The SMILES string of the molecule is N=[N+]=NCCCCNC(=O)O. The third kappa shape index (κ3) is 8.58. The molecule has 0 atom stereocenters. The highest BCUT2D eigenvalue weighted by Crippen LogP contribution is 1.85. The van der Waals surface area contributed by atoms with Crippen LogP contribution in [0, 0.1) is 5.53 Å². The van der Waals surface area contributed by atoms with Crippen LogP contribution in [-0.2, 0) is 0 Å². The van der Waals surface area contributed by atoms with E-state index in [1.165, 1.54) is 0 Å². The van der Waals surface area contributed by atoms with Gasteiger partial charge in [-0.25, -0.2) is 4.79 Å². The topological polar surface area (TPSA) is 99.6 Å². The first-order valence-corrected chi connectivity index (χ1v) is 3.27. The summed E-state index contributed by atoms with van der Waals surface area (Å²) in [7, 11) is 0. The van der Waals surface area contributed by atoms with Crippen molar-refractivity contribution >= 4 is 6.09 Å². The van der Waals surface area contributed by atoms with Crippen LogP contribution in [0.5, 0.6) is 0 Å². The molecule has 3 N–H and O–H groups in total. The zero-order valence-corrected chi connectivity index (χ0v) is 6.08. The number of unbranched alkanes of at least 4 members (excludes halogenated alkanes) is 1. The Bertz CT molecular complexity index is 160. The van der Waals surface area contributed by atoms with Crippen molar-refractivity contribution in [2.24, 2.45) is 5.11 Å². The van der Waals surface area contributed by atoms with Gasteiger partial charge in [0.25, 0.3) is 0 Å². The fraction of sp³-hybridized carbons (Fsp3) is 0.800. The fourth-order valence-electron chi connectivity index (χ4n) is 0.553. The highest BCUT2D eigenvalue weighted by atomic mass is 16.4. The number of amides is 1. The molecule has 0 saturated carbocycles. The molecule has 0 aromatic heterocycles. The predicted molar refractivity (Wildman–Crippen MR) is 37.4 cm³/mol. The van der Waals surface area contributed by atoms with E-state index in [1.807, 2.05) is 0 Å². The normalized spacial score (nSPS) is 8.36. The fourth-order valence-corrected chi connectivity index (χ4v) is 0.553. The van der Waals surface area contributed by atoms with Crippen LogP contribution >= 0.6 is 0 Å². The maximum absolute atomic E-state index is 9.91. The molecule has 0 aliphatic rings. The number of carboxylic acid groups (broad SMARTS) is 1. The number of nitrogens with one attached hydrogen (secondary N) is 2. The van der Waals surface area contributed by atoms with Gasteiger partial charge in [-0.2, -0.15) is 0 Å². The van der Waals surface area contributed by atoms with E-state index >= 15 is 0 Å². The minimum Gasteiger partial charge on any atom is -0.465 e. The molecule has 6 nitrogen and oxygen atoms in total. The van der Waals surface area contributed by atoms with Gasteiger partial charge in [0.05, 0.1) is 0 Å². The summed E-state index contributed by atoms with van der Waals surface area (Å²) < 4.78 is 0. The molecule has 0 aromatic carbocycles. The Balaban J connectivity index is 3.02. The molecule has 0 aromatic rings. The van der Waals surface area contributed by atoms with Gasteiger partial charge in [0.1, 0.15) is 17.2 Å². The number of carbonyl (C=O) groups is 1. The standard InChI is InChI=1S/C5H10N4O2/c6-9-8-4-2-1-3-7-5(10)11/h6-7H,1-4H2/p+1. The average molecular weight is 159 g/mol. The lowest BCUT2D eigenvalue weighted by atomic mass is 10.3. The number of hydrogen-bond donors (Lipinski definition) is 3. The van der Waals surface area contributed by atoms with Crippen molar-refractivity contribution in [3.8, 4) is 0 Å². The molecule has 6 heteroatoms. The smallest absolute Gasteiger partial charge is 0.404 e. The van der Waals surface area contributed by atoms with E-state index in [0.29, 0.717) is 13.1 Å². The lowest BCUT2D eigenvalue weighted by molar-refractivity contribution is 0.194. The van der Waals surface area contributed by atoms with E-state index in [4.69, 9.17) is 10.6 Å². The molecule has 0 saturated heterocycles. The van der Waals surface area contributed by atoms with E-state index in [0.717, 1.165) is 12.8 Å². The maximum Gasteiger partial charge on any atom is 0.404 e. The first kappa shape index (κ1) is 9.58. The Labute approximate surface area is 63.8 Å². The van der Waals surface area contributed by atoms with E-state index in [1.54, 1.807) is 0 Å². The van der Waals surface area contributed by atoms with Crippen LogP contribution in [0.3, 0.4) is 0 Å². The molecule has 0 heterocycles. The van der Waals surface area contributed by atoms with E-state index < -0.39 is 6.09 Å². The molecular weight excluding hydrogens is 148 g/mol. The van der Waals surface area contributed by atoms with Crippen molar-refractivity contribution < 1.29 is 9.90 Å². The van der Waals surface area contributed by atoms with Gasteiger partial charge in [-0.1, -0.05) is 0 Å². The Morgan fingerprint density at radius 1 is 1.64 bits per heavy atom. The first-order chi connectivity index (χ1) is 5.27. The van der Waals surface area contributed by atoms with Crippen LogP contribution in [0.15, 0.2) is 5.11 Å².